The number of anilines is 1. The summed E-state index contributed by atoms with van der Waals surface area (Å²) in [5.41, 5.74) is 3.44. The number of benzene rings is 2. The zero-order valence-electron chi connectivity index (χ0n) is 17.5. The third kappa shape index (κ3) is 5.58. The summed E-state index contributed by atoms with van der Waals surface area (Å²) in [6.07, 6.45) is 1.88. The lowest BCUT2D eigenvalue weighted by atomic mass is 10.1. The van der Waals surface area contributed by atoms with Gasteiger partial charge in [0, 0.05) is 22.9 Å². The van der Waals surface area contributed by atoms with Crippen LogP contribution < -0.4 is 5.32 Å². The van der Waals surface area contributed by atoms with Crippen molar-refractivity contribution in [3.8, 4) is 11.3 Å². The van der Waals surface area contributed by atoms with E-state index in [0.29, 0.717) is 22.5 Å². The number of esters is 1. The summed E-state index contributed by atoms with van der Waals surface area (Å²) in [5.74, 6) is -1.20. The van der Waals surface area contributed by atoms with E-state index in [1.54, 1.807) is 37.3 Å². The minimum Gasteiger partial charge on any atom is -0.454 e. The molecule has 1 amide bonds. The zero-order valence-corrected chi connectivity index (χ0v) is 18.3. The Morgan fingerprint density at radius 2 is 1.77 bits per heavy atom. The van der Waals surface area contributed by atoms with Crippen LogP contribution in [0.1, 0.15) is 33.3 Å². The van der Waals surface area contributed by atoms with Gasteiger partial charge in [-0.15, -0.1) is 11.8 Å². The van der Waals surface area contributed by atoms with Crippen molar-refractivity contribution in [2.75, 3.05) is 18.2 Å². The summed E-state index contributed by atoms with van der Waals surface area (Å²) in [6.45, 7) is 2.72. The van der Waals surface area contributed by atoms with Crippen LogP contribution in [0.3, 0.4) is 0 Å². The molecule has 0 fully saturated rings. The number of carbonyl (C=O) groups is 3. The molecule has 0 radical (unpaired) electrons. The van der Waals surface area contributed by atoms with E-state index in [0.717, 1.165) is 16.2 Å². The number of carbonyl (C=O) groups excluding carboxylic acids is 3. The van der Waals surface area contributed by atoms with Crippen LogP contribution in [0.2, 0.25) is 0 Å². The molecule has 7 heteroatoms. The van der Waals surface area contributed by atoms with Gasteiger partial charge >= 0.3 is 5.97 Å². The summed E-state index contributed by atoms with van der Waals surface area (Å²) in [4.78, 5) is 41.7. The molecule has 0 aliphatic rings. The van der Waals surface area contributed by atoms with Gasteiger partial charge in [0.25, 0.3) is 0 Å². The van der Waals surface area contributed by atoms with Crippen molar-refractivity contribution in [1.29, 1.82) is 0 Å². The van der Waals surface area contributed by atoms with E-state index in [-0.39, 0.29) is 11.7 Å². The van der Waals surface area contributed by atoms with Crippen molar-refractivity contribution < 1.29 is 19.1 Å². The Morgan fingerprint density at radius 1 is 1.03 bits per heavy atom. The second-order valence-corrected chi connectivity index (χ2v) is 7.64. The SMILES string of the molecule is CSc1ccc(C(=O)COC(=O)c2ccc(-c3ccccc3)nc2C)cc1NC(C)=O. The van der Waals surface area contributed by atoms with Crippen molar-refractivity contribution in [2.24, 2.45) is 0 Å². The van der Waals surface area contributed by atoms with E-state index in [4.69, 9.17) is 4.74 Å². The van der Waals surface area contributed by atoms with Crippen molar-refractivity contribution >= 4 is 35.1 Å². The van der Waals surface area contributed by atoms with E-state index in [1.807, 2.05) is 36.6 Å². The Balaban J connectivity index is 1.69. The lowest BCUT2D eigenvalue weighted by molar-refractivity contribution is -0.114. The van der Waals surface area contributed by atoms with Gasteiger partial charge in [0.15, 0.2) is 12.4 Å². The molecule has 0 atom stereocenters. The number of aryl methyl sites for hydroxylation is 1. The maximum atomic E-state index is 12.5. The number of amides is 1. The van der Waals surface area contributed by atoms with E-state index in [9.17, 15) is 14.4 Å². The van der Waals surface area contributed by atoms with Crippen LogP contribution in [-0.4, -0.2) is 35.5 Å². The molecule has 31 heavy (non-hydrogen) atoms. The number of thioether (sulfide) groups is 1. The zero-order chi connectivity index (χ0) is 22.4. The fourth-order valence-electron chi connectivity index (χ4n) is 3.01. The van der Waals surface area contributed by atoms with Crippen LogP contribution >= 0.6 is 11.8 Å². The van der Waals surface area contributed by atoms with Crippen LogP contribution in [0.4, 0.5) is 5.69 Å². The Hall–Kier alpha value is -3.45. The molecule has 1 heterocycles. The minimum absolute atomic E-state index is 0.228. The lowest BCUT2D eigenvalue weighted by Crippen LogP contribution is -2.16. The largest absolute Gasteiger partial charge is 0.454 e. The molecular weight excluding hydrogens is 412 g/mol. The van der Waals surface area contributed by atoms with Crippen LogP contribution in [0.15, 0.2) is 65.6 Å². The quantitative estimate of drug-likeness (QED) is 0.327. The number of ether oxygens (including phenoxy) is 1. The fourth-order valence-corrected chi connectivity index (χ4v) is 3.54. The van der Waals surface area contributed by atoms with Gasteiger partial charge in [-0.05, 0) is 37.4 Å². The molecular formula is C24H22N2O4S. The number of nitrogens with one attached hydrogen (secondary N) is 1. The average Bonchev–Trinajstić information content (AvgIpc) is 2.77. The standard InChI is InChI=1S/C24H22N2O4S/c1-15-19(10-11-20(25-15)17-7-5-4-6-8-17)24(29)30-14-22(28)18-9-12-23(31-3)21(13-18)26-16(2)27/h4-13H,14H2,1-3H3,(H,26,27). The van der Waals surface area contributed by atoms with Crippen LogP contribution in [0.5, 0.6) is 0 Å². The Bertz CT molecular complexity index is 1130. The van der Waals surface area contributed by atoms with Gasteiger partial charge in [-0.1, -0.05) is 36.4 Å². The second-order valence-electron chi connectivity index (χ2n) is 6.79. The van der Waals surface area contributed by atoms with E-state index in [2.05, 4.69) is 10.3 Å². The number of hydrogen-bond acceptors (Lipinski definition) is 6. The molecule has 0 aliphatic heterocycles. The van der Waals surface area contributed by atoms with Gasteiger partial charge in [-0.25, -0.2) is 4.79 Å². The van der Waals surface area contributed by atoms with Crippen LogP contribution in [0, 0.1) is 6.92 Å². The van der Waals surface area contributed by atoms with Crippen molar-refractivity contribution in [2.45, 2.75) is 18.7 Å². The molecule has 0 spiro atoms. The lowest BCUT2D eigenvalue weighted by Gasteiger charge is -2.11. The third-order valence-electron chi connectivity index (χ3n) is 4.54. The summed E-state index contributed by atoms with van der Waals surface area (Å²) in [7, 11) is 0. The van der Waals surface area contributed by atoms with Gasteiger partial charge in [0.2, 0.25) is 5.91 Å². The second kappa shape index (κ2) is 10.0. The van der Waals surface area contributed by atoms with Gasteiger partial charge in [0.1, 0.15) is 0 Å². The highest BCUT2D eigenvalue weighted by Crippen LogP contribution is 2.27. The van der Waals surface area contributed by atoms with E-state index >= 15 is 0 Å². The first kappa shape index (κ1) is 22.2. The normalized spacial score (nSPS) is 10.4. The third-order valence-corrected chi connectivity index (χ3v) is 5.34. The van der Waals surface area contributed by atoms with E-state index < -0.39 is 12.6 Å². The van der Waals surface area contributed by atoms with Crippen LogP contribution in [0.25, 0.3) is 11.3 Å². The topological polar surface area (TPSA) is 85.4 Å². The maximum Gasteiger partial charge on any atom is 0.340 e. The fraction of sp³-hybridized carbons (Fsp3) is 0.167. The highest BCUT2D eigenvalue weighted by Gasteiger charge is 2.16. The van der Waals surface area contributed by atoms with Crippen molar-refractivity contribution in [3.05, 3.63) is 77.5 Å². The number of Topliss-reactive ketones (excluding diaryl/α,β-unsaturated/α-hetero) is 1. The Labute approximate surface area is 185 Å². The molecule has 6 nitrogen and oxygen atoms in total. The molecule has 1 aromatic heterocycles. The molecule has 2 aromatic carbocycles. The predicted molar refractivity (Wildman–Crippen MR) is 122 cm³/mol. The summed E-state index contributed by atoms with van der Waals surface area (Å²) in [5, 5.41) is 2.71. The molecule has 3 aromatic rings. The highest BCUT2D eigenvalue weighted by atomic mass is 32.2. The molecule has 0 bridgehead atoms. The highest BCUT2D eigenvalue weighted by molar-refractivity contribution is 7.98. The van der Waals surface area contributed by atoms with Crippen molar-refractivity contribution in [3.63, 3.8) is 0 Å². The molecule has 158 valence electrons. The average molecular weight is 435 g/mol. The van der Waals surface area contributed by atoms with Gasteiger partial charge in [-0.3, -0.25) is 14.6 Å². The molecule has 1 N–H and O–H groups in total. The number of hydrogen-bond donors (Lipinski definition) is 1. The van der Waals surface area contributed by atoms with Gasteiger partial charge < -0.3 is 10.1 Å². The number of rotatable bonds is 7. The monoisotopic (exact) mass is 434 g/mol. The number of nitrogens with zero attached hydrogens (tertiary/aromatic N) is 1. The summed E-state index contributed by atoms with van der Waals surface area (Å²) in [6, 6.07) is 18.0. The number of pyridine rings is 1. The van der Waals surface area contributed by atoms with Crippen molar-refractivity contribution in [1.82, 2.24) is 4.98 Å². The number of ketones is 1. The molecule has 3 rings (SSSR count). The van der Waals surface area contributed by atoms with Gasteiger partial charge in [0.05, 0.1) is 22.6 Å². The Kier molecular flexibility index (Phi) is 7.20. The predicted octanol–water partition coefficient (Wildman–Crippen LogP) is 4.78. The molecule has 0 unspecified atom stereocenters. The van der Waals surface area contributed by atoms with E-state index in [1.165, 1.54) is 18.7 Å². The first-order chi connectivity index (χ1) is 14.9. The summed E-state index contributed by atoms with van der Waals surface area (Å²) < 4.78 is 5.23. The minimum atomic E-state index is -0.610. The first-order valence-electron chi connectivity index (χ1n) is 9.58. The maximum absolute atomic E-state index is 12.5. The summed E-state index contributed by atoms with van der Waals surface area (Å²) >= 11 is 1.46. The first-order valence-corrected chi connectivity index (χ1v) is 10.8. The van der Waals surface area contributed by atoms with Crippen LogP contribution in [-0.2, 0) is 9.53 Å². The van der Waals surface area contributed by atoms with Gasteiger partial charge in [-0.2, -0.15) is 0 Å². The molecule has 0 saturated heterocycles. The molecule has 0 saturated carbocycles. The Morgan fingerprint density at radius 3 is 2.42 bits per heavy atom. The molecule has 0 aliphatic carbocycles. The smallest absolute Gasteiger partial charge is 0.340 e. The number of aromatic nitrogens is 1.